The number of hydrogen-bond donors (Lipinski definition) is 0. The van der Waals surface area contributed by atoms with Gasteiger partial charge in [0.25, 0.3) is 0 Å². The standard InChI is InChI=1S/C18H19N3S2/c1-4-19-18-21(20-11-16-6-5-9-22-16)17(12-23-18)15-8-7-13(2)14(3)10-15/h5-12H,4H2,1-3H3. The third-order valence-corrected chi connectivity index (χ3v) is 5.29. The van der Waals surface area contributed by atoms with Gasteiger partial charge in [0.1, 0.15) is 0 Å². The summed E-state index contributed by atoms with van der Waals surface area (Å²) < 4.78 is 1.94. The Morgan fingerprint density at radius 2 is 2.00 bits per heavy atom. The van der Waals surface area contributed by atoms with Crippen molar-refractivity contribution in [1.29, 1.82) is 0 Å². The van der Waals surface area contributed by atoms with E-state index in [1.165, 1.54) is 16.7 Å². The highest BCUT2D eigenvalue weighted by Crippen LogP contribution is 2.23. The predicted molar refractivity (Wildman–Crippen MR) is 101 cm³/mol. The number of thiophene rings is 1. The van der Waals surface area contributed by atoms with Gasteiger partial charge in [-0.15, -0.1) is 22.7 Å². The van der Waals surface area contributed by atoms with E-state index in [1.807, 2.05) is 23.9 Å². The molecule has 0 unspecified atom stereocenters. The molecule has 0 bridgehead atoms. The summed E-state index contributed by atoms with van der Waals surface area (Å²) in [5, 5.41) is 8.86. The highest BCUT2D eigenvalue weighted by molar-refractivity contribution is 7.11. The third-order valence-electron chi connectivity index (χ3n) is 3.63. The maximum atomic E-state index is 4.67. The van der Waals surface area contributed by atoms with Crippen molar-refractivity contribution >= 4 is 28.9 Å². The molecular weight excluding hydrogens is 322 g/mol. The zero-order valence-electron chi connectivity index (χ0n) is 13.5. The lowest BCUT2D eigenvalue weighted by Crippen LogP contribution is -2.12. The van der Waals surface area contributed by atoms with Gasteiger partial charge in [0.2, 0.25) is 4.80 Å². The first kappa shape index (κ1) is 15.9. The van der Waals surface area contributed by atoms with E-state index < -0.39 is 0 Å². The fourth-order valence-corrected chi connectivity index (χ4v) is 3.71. The number of nitrogens with zero attached hydrogens (tertiary/aromatic N) is 3. The Morgan fingerprint density at radius 1 is 1.13 bits per heavy atom. The number of thiazole rings is 1. The lowest BCUT2D eigenvalue weighted by molar-refractivity contribution is 0.833. The molecule has 1 aromatic carbocycles. The van der Waals surface area contributed by atoms with Crippen molar-refractivity contribution in [3.8, 4) is 11.3 Å². The van der Waals surface area contributed by atoms with Gasteiger partial charge in [-0.05, 0) is 49.4 Å². The topological polar surface area (TPSA) is 29.6 Å². The van der Waals surface area contributed by atoms with E-state index in [9.17, 15) is 0 Å². The van der Waals surface area contributed by atoms with E-state index >= 15 is 0 Å². The quantitative estimate of drug-likeness (QED) is 0.616. The molecule has 0 aliphatic heterocycles. The van der Waals surface area contributed by atoms with Crippen LogP contribution in [0.15, 0.2) is 51.2 Å². The van der Waals surface area contributed by atoms with Crippen LogP contribution < -0.4 is 4.80 Å². The zero-order chi connectivity index (χ0) is 16.2. The number of benzene rings is 1. The van der Waals surface area contributed by atoms with Crippen molar-refractivity contribution < 1.29 is 0 Å². The molecule has 3 aromatic rings. The monoisotopic (exact) mass is 341 g/mol. The first-order valence-electron chi connectivity index (χ1n) is 7.55. The first-order chi connectivity index (χ1) is 11.2. The summed E-state index contributed by atoms with van der Waals surface area (Å²) in [5.74, 6) is 0. The summed E-state index contributed by atoms with van der Waals surface area (Å²) in [7, 11) is 0. The summed E-state index contributed by atoms with van der Waals surface area (Å²) in [4.78, 5) is 6.62. The van der Waals surface area contributed by atoms with Crippen molar-refractivity contribution in [1.82, 2.24) is 4.68 Å². The van der Waals surface area contributed by atoms with Crippen LogP contribution in [-0.2, 0) is 0 Å². The molecule has 0 amide bonds. The van der Waals surface area contributed by atoms with Crippen molar-refractivity contribution in [2.75, 3.05) is 6.54 Å². The van der Waals surface area contributed by atoms with Gasteiger partial charge in [-0.3, -0.25) is 4.99 Å². The normalized spacial score (nSPS) is 12.4. The highest BCUT2D eigenvalue weighted by Gasteiger charge is 2.08. The molecule has 0 atom stereocenters. The van der Waals surface area contributed by atoms with Crippen LogP contribution in [0.25, 0.3) is 11.3 Å². The Balaban J connectivity index is 2.10. The molecule has 0 spiro atoms. The Kier molecular flexibility index (Phi) is 4.88. The van der Waals surface area contributed by atoms with Crippen LogP contribution in [0.5, 0.6) is 0 Å². The Bertz CT molecular complexity index is 883. The molecule has 0 aliphatic rings. The molecule has 0 saturated heterocycles. The molecule has 0 aliphatic carbocycles. The molecule has 0 saturated carbocycles. The molecule has 5 heteroatoms. The van der Waals surface area contributed by atoms with Crippen molar-refractivity contribution in [2.24, 2.45) is 10.1 Å². The minimum absolute atomic E-state index is 0.751. The Morgan fingerprint density at radius 3 is 2.70 bits per heavy atom. The van der Waals surface area contributed by atoms with Gasteiger partial charge in [-0.2, -0.15) is 5.10 Å². The lowest BCUT2D eigenvalue weighted by atomic mass is 10.1. The fraction of sp³-hybridized carbons (Fsp3) is 0.222. The van der Waals surface area contributed by atoms with Crippen LogP contribution in [0.3, 0.4) is 0 Å². The van der Waals surface area contributed by atoms with Gasteiger partial charge < -0.3 is 0 Å². The van der Waals surface area contributed by atoms with Crippen molar-refractivity contribution in [3.63, 3.8) is 0 Å². The maximum absolute atomic E-state index is 4.67. The van der Waals surface area contributed by atoms with E-state index in [-0.39, 0.29) is 0 Å². The van der Waals surface area contributed by atoms with Crippen LogP contribution in [0.4, 0.5) is 0 Å². The fourth-order valence-electron chi connectivity index (χ4n) is 2.23. The molecule has 0 N–H and O–H groups in total. The second kappa shape index (κ2) is 7.06. The number of rotatable bonds is 4. The van der Waals surface area contributed by atoms with Gasteiger partial charge in [-0.25, -0.2) is 4.68 Å². The number of hydrogen-bond acceptors (Lipinski definition) is 4. The second-order valence-electron chi connectivity index (χ2n) is 5.25. The van der Waals surface area contributed by atoms with Crippen LogP contribution >= 0.6 is 22.7 Å². The predicted octanol–water partition coefficient (Wildman–Crippen LogP) is 4.70. The summed E-state index contributed by atoms with van der Waals surface area (Å²) in [6, 6.07) is 10.6. The van der Waals surface area contributed by atoms with E-state index in [4.69, 9.17) is 0 Å². The molecule has 0 radical (unpaired) electrons. The molecule has 23 heavy (non-hydrogen) atoms. The average Bonchev–Trinajstić information content (AvgIpc) is 3.18. The maximum Gasteiger partial charge on any atom is 0.206 e. The summed E-state index contributed by atoms with van der Waals surface area (Å²) in [6.07, 6.45) is 1.90. The molecule has 118 valence electrons. The van der Waals surface area contributed by atoms with Crippen LogP contribution in [-0.4, -0.2) is 17.4 Å². The SMILES string of the molecule is CCN=c1scc(-c2ccc(C)c(C)c2)n1N=Cc1cccs1. The van der Waals surface area contributed by atoms with Gasteiger partial charge in [0.05, 0.1) is 11.9 Å². The second-order valence-corrected chi connectivity index (χ2v) is 7.06. The minimum atomic E-state index is 0.751. The third kappa shape index (κ3) is 3.51. The van der Waals surface area contributed by atoms with Crippen molar-refractivity contribution in [2.45, 2.75) is 20.8 Å². The smallest absolute Gasteiger partial charge is 0.206 e. The van der Waals surface area contributed by atoms with Crippen LogP contribution in [0.2, 0.25) is 0 Å². The largest absolute Gasteiger partial charge is 0.258 e. The van der Waals surface area contributed by atoms with Crippen LogP contribution in [0, 0.1) is 13.8 Å². The lowest BCUT2D eigenvalue weighted by Gasteiger charge is -2.06. The average molecular weight is 342 g/mol. The Hall–Kier alpha value is -1.98. The molecular formula is C18H19N3S2. The first-order valence-corrected chi connectivity index (χ1v) is 9.31. The molecule has 2 aromatic heterocycles. The number of aromatic nitrogens is 1. The van der Waals surface area contributed by atoms with E-state index in [1.54, 1.807) is 22.7 Å². The summed E-state index contributed by atoms with van der Waals surface area (Å²) >= 11 is 3.31. The van der Waals surface area contributed by atoms with E-state index in [0.717, 1.165) is 21.9 Å². The van der Waals surface area contributed by atoms with Gasteiger partial charge >= 0.3 is 0 Å². The molecule has 3 nitrogen and oxygen atoms in total. The molecule has 2 heterocycles. The minimum Gasteiger partial charge on any atom is -0.258 e. The number of aryl methyl sites for hydroxylation is 2. The molecule has 0 fully saturated rings. The van der Waals surface area contributed by atoms with Gasteiger partial charge in [-0.1, -0.05) is 18.2 Å². The van der Waals surface area contributed by atoms with Gasteiger partial charge in [0, 0.05) is 22.4 Å². The Labute approximate surface area is 144 Å². The van der Waals surface area contributed by atoms with Crippen LogP contribution in [0.1, 0.15) is 22.9 Å². The van der Waals surface area contributed by atoms with Gasteiger partial charge in [0.15, 0.2) is 0 Å². The summed E-state index contributed by atoms with van der Waals surface area (Å²) in [5.41, 5.74) is 4.84. The van der Waals surface area contributed by atoms with E-state index in [0.29, 0.717) is 0 Å². The van der Waals surface area contributed by atoms with E-state index in [2.05, 4.69) is 59.0 Å². The molecule has 3 rings (SSSR count). The highest BCUT2D eigenvalue weighted by atomic mass is 32.1. The van der Waals surface area contributed by atoms with Crippen molar-refractivity contribution in [3.05, 3.63) is 61.9 Å². The summed E-state index contributed by atoms with van der Waals surface area (Å²) in [6.45, 7) is 7.07. The zero-order valence-corrected chi connectivity index (χ0v) is 15.1.